The predicted molar refractivity (Wildman–Crippen MR) is 133 cm³/mol. The Morgan fingerprint density at radius 2 is 1.48 bits per heavy atom. The van der Waals surface area contributed by atoms with Crippen LogP contribution in [0.25, 0.3) is 21.5 Å². The lowest BCUT2D eigenvalue weighted by atomic mass is 9.94. The zero-order valence-electron chi connectivity index (χ0n) is 18.9. The highest BCUT2D eigenvalue weighted by Gasteiger charge is 2.30. The Bertz CT molecular complexity index is 1320. The number of hydrogen-bond donors (Lipinski definition) is 0. The molecule has 4 heteroatoms. The van der Waals surface area contributed by atoms with Gasteiger partial charge in [0.05, 0.1) is 0 Å². The second kappa shape index (κ2) is 9.07. The van der Waals surface area contributed by atoms with E-state index in [-0.39, 0.29) is 17.7 Å². The summed E-state index contributed by atoms with van der Waals surface area (Å²) in [6.07, 6.45) is 1.41. The fourth-order valence-corrected chi connectivity index (χ4v) is 4.91. The third kappa shape index (κ3) is 4.34. The largest absolute Gasteiger partial charge is 0.341 e. The van der Waals surface area contributed by atoms with Gasteiger partial charge < -0.3 is 9.80 Å². The third-order valence-electron chi connectivity index (χ3n) is 6.76. The molecule has 0 atom stereocenters. The molecule has 4 aromatic carbocycles. The Morgan fingerprint density at radius 1 is 0.818 bits per heavy atom. The fraction of sp³-hybridized carbons (Fsp3) is 0.241. The molecule has 0 aromatic heterocycles. The van der Waals surface area contributed by atoms with Crippen LogP contribution in [-0.2, 0) is 11.3 Å². The van der Waals surface area contributed by atoms with Crippen LogP contribution in [0.1, 0.15) is 28.8 Å². The van der Waals surface area contributed by atoms with Gasteiger partial charge in [-0.3, -0.25) is 9.59 Å². The highest BCUT2D eigenvalue weighted by atomic mass is 16.2. The first-order valence-corrected chi connectivity index (χ1v) is 11.6. The lowest BCUT2D eigenvalue weighted by molar-refractivity contribution is -0.136. The van der Waals surface area contributed by atoms with Gasteiger partial charge in [0.2, 0.25) is 5.91 Å². The zero-order valence-corrected chi connectivity index (χ0v) is 18.9. The van der Waals surface area contributed by atoms with Crippen LogP contribution >= 0.6 is 0 Å². The van der Waals surface area contributed by atoms with Gasteiger partial charge in [-0.2, -0.15) is 0 Å². The molecule has 0 N–H and O–H groups in total. The quantitative estimate of drug-likeness (QED) is 0.424. The van der Waals surface area contributed by atoms with Crippen LogP contribution in [0.2, 0.25) is 0 Å². The standard InChI is InChI=1S/C29H28N2O2/c1-30(20-21-13-14-22-7-2-3-9-25(22)19-21)28(32)24-15-17-31(18-16-24)29(33)27-12-6-10-23-8-4-5-11-26(23)27/h2-14,19,24H,15-18,20H2,1H3. The molecule has 1 saturated heterocycles. The normalized spacial score (nSPS) is 14.5. The summed E-state index contributed by atoms with van der Waals surface area (Å²) in [4.78, 5) is 30.0. The van der Waals surface area contributed by atoms with Crippen molar-refractivity contribution in [2.45, 2.75) is 19.4 Å². The lowest BCUT2D eigenvalue weighted by Crippen LogP contribution is -2.43. The van der Waals surface area contributed by atoms with E-state index in [2.05, 4.69) is 30.3 Å². The third-order valence-corrected chi connectivity index (χ3v) is 6.76. The molecule has 4 nitrogen and oxygen atoms in total. The van der Waals surface area contributed by atoms with Crippen molar-refractivity contribution in [3.63, 3.8) is 0 Å². The number of amides is 2. The highest BCUT2D eigenvalue weighted by Crippen LogP contribution is 2.25. The SMILES string of the molecule is CN(Cc1ccc2ccccc2c1)C(=O)C1CCN(C(=O)c2cccc3ccccc23)CC1. The molecular weight excluding hydrogens is 408 g/mol. The van der Waals surface area contributed by atoms with Crippen molar-refractivity contribution >= 4 is 33.4 Å². The number of benzene rings is 4. The van der Waals surface area contributed by atoms with Gasteiger partial charge in [0.15, 0.2) is 0 Å². The van der Waals surface area contributed by atoms with Crippen LogP contribution in [-0.4, -0.2) is 41.8 Å². The minimum atomic E-state index is -0.0352. The van der Waals surface area contributed by atoms with Gasteiger partial charge in [-0.05, 0) is 52.1 Å². The Morgan fingerprint density at radius 3 is 2.27 bits per heavy atom. The first-order chi connectivity index (χ1) is 16.1. The topological polar surface area (TPSA) is 40.6 Å². The van der Waals surface area contributed by atoms with Crippen molar-refractivity contribution < 1.29 is 9.59 Å². The van der Waals surface area contributed by atoms with E-state index in [1.165, 1.54) is 10.8 Å². The Labute approximate surface area is 194 Å². The van der Waals surface area contributed by atoms with Gasteiger partial charge in [-0.25, -0.2) is 0 Å². The summed E-state index contributed by atoms with van der Waals surface area (Å²) in [5.41, 5.74) is 1.87. The van der Waals surface area contributed by atoms with Gasteiger partial charge in [-0.15, -0.1) is 0 Å². The van der Waals surface area contributed by atoms with E-state index in [4.69, 9.17) is 0 Å². The molecule has 1 heterocycles. The number of carbonyl (C=O) groups excluding carboxylic acids is 2. The second-order valence-corrected chi connectivity index (χ2v) is 8.97. The number of carbonyl (C=O) groups is 2. The monoisotopic (exact) mass is 436 g/mol. The number of piperidine rings is 1. The predicted octanol–water partition coefficient (Wildman–Crippen LogP) is 5.50. The smallest absolute Gasteiger partial charge is 0.254 e. The molecule has 166 valence electrons. The van der Waals surface area contributed by atoms with Gasteiger partial charge in [0, 0.05) is 38.2 Å². The van der Waals surface area contributed by atoms with E-state index < -0.39 is 0 Å². The fourth-order valence-electron chi connectivity index (χ4n) is 4.91. The molecule has 0 unspecified atom stereocenters. The number of likely N-dealkylation sites (tertiary alicyclic amines) is 1. The van der Waals surface area contributed by atoms with E-state index in [0.29, 0.717) is 32.5 Å². The van der Waals surface area contributed by atoms with Crippen molar-refractivity contribution in [2.24, 2.45) is 5.92 Å². The average Bonchev–Trinajstić information content (AvgIpc) is 2.87. The van der Waals surface area contributed by atoms with E-state index >= 15 is 0 Å². The maximum Gasteiger partial charge on any atom is 0.254 e. The molecule has 0 aliphatic carbocycles. The molecule has 1 fully saturated rings. The second-order valence-electron chi connectivity index (χ2n) is 8.97. The van der Waals surface area contributed by atoms with Crippen molar-refractivity contribution in [3.8, 4) is 0 Å². The van der Waals surface area contributed by atoms with Gasteiger partial charge in [-0.1, -0.05) is 72.8 Å². The van der Waals surface area contributed by atoms with Crippen molar-refractivity contribution in [2.75, 3.05) is 20.1 Å². The van der Waals surface area contributed by atoms with Crippen LogP contribution < -0.4 is 0 Å². The van der Waals surface area contributed by atoms with Gasteiger partial charge in [0.25, 0.3) is 5.91 Å². The van der Waals surface area contributed by atoms with Crippen molar-refractivity contribution in [3.05, 3.63) is 96.1 Å². The first kappa shape index (κ1) is 21.2. The van der Waals surface area contributed by atoms with Gasteiger partial charge >= 0.3 is 0 Å². The van der Waals surface area contributed by atoms with E-state index in [1.807, 2.05) is 71.4 Å². The van der Waals surface area contributed by atoms with E-state index in [9.17, 15) is 9.59 Å². The minimum absolute atomic E-state index is 0.0352. The van der Waals surface area contributed by atoms with E-state index in [1.54, 1.807) is 0 Å². The molecule has 1 aliphatic rings. The summed E-state index contributed by atoms with van der Waals surface area (Å²) in [5.74, 6) is 0.189. The molecule has 4 aromatic rings. The number of hydrogen-bond acceptors (Lipinski definition) is 2. The van der Waals surface area contributed by atoms with Crippen molar-refractivity contribution in [1.82, 2.24) is 9.80 Å². The van der Waals surface area contributed by atoms with Crippen LogP contribution in [0.4, 0.5) is 0 Å². The molecular formula is C29H28N2O2. The maximum absolute atomic E-state index is 13.2. The van der Waals surface area contributed by atoms with Crippen LogP contribution in [0, 0.1) is 5.92 Å². The number of nitrogens with zero attached hydrogens (tertiary/aromatic N) is 2. The first-order valence-electron chi connectivity index (χ1n) is 11.6. The molecule has 5 rings (SSSR count). The molecule has 0 bridgehead atoms. The molecule has 2 amide bonds. The summed E-state index contributed by atoms with van der Waals surface area (Å²) in [7, 11) is 1.88. The Kier molecular flexibility index (Phi) is 5.82. The van der Waals surface area contributed by atoms with Crippen LogP contribution in [0.15, 0.2) is 84.9 Å². The zero-order chi connectivity index (χ0) is 22.8. The summed E-state index contributed by atoms with van der Waals surface area (Å²) in [5, 5.41) is 4.46. The van der Waals surface area contributed by atoms with Crippen LogP contribution in [0.3, 0.4) is 0 Å². The minimum Gasteiger partial charge on any atom is -0.341 e. The Hall–Kier alpha value is -3.66. The lowest BCUT2D eigenvalue weighted by Gasteiger charge is -2.33. The van der Waals surface area contributed by atoms with E-state index in [0.717, 1.165) is 21.9 Å². The molecule has 0 radical (unpaired) electrons. The molecule has 0 spiro atoms. The summed E-state index contributed by atoms with van der Waals surface area (Å²) >= 11 is 0. The number of fused-ring (bicyclic) bond motifs is 2. The summed E-state index contributed by atoms with van der Waals surface area (Å²) in [6, 6.07) is 28.5. The van der Waals surface area contributed by atoms with Crippen molar-refractivity contribution in [1.29, 1.82) is 0 Å². The maximum atomic E-state index is 13.2. The molecule has 1 aliphatic heterocycles. The number of rotatable bonds is 4. The summed E-state index contributed by atoms with van der Waals surface area (Å²) in [6.45, 7) is 1.82. The van der Waals surface area contributed by atoms with Gasteiger partial charge in [0.1, 0.15) is 0 Å². The summed E-state index contributed by atoms with van der Waals surface area (Å²) < 4.78 is 0. The molecule has 0 saturated carbocycles. The molecule has 33 heavy (non-hydrogen) atoms. The highest BCUT2D eigenvalue weighted by molar-refractivity contribution is 6.07. The average molecular weight is 437 g/mol. The Balaban J connectivity index is 1.21. The van der Waals surface area contributed by atoms with Crippen LogP contribution in [0.5, 0.6) is 0 Å².